The number of aromatic nitrogens is 1. The zero-order valence-electron chi connectivity index (χ0n) is 17.9. The first-order valence-electron chi connectivity index (χ1n) is 9.72. The Kier molecular flexibility index (Phi) is 9.23. The number of carbonyl (C=O) groups excluding carboxylic acids is 2. The van der Waals surface area contributed by atoms with Crippen LogP contribution in [0.1, 0.15) is 13.8 Å². The Hall–Kier alpha value is -3.86. The van der Waals surface area contributed by atoms with Crippen LogP contribution in [0.25, 0.3) is 11.5 Å². The fraction of sp³-hybridized carbons (Fsp3) is 0.273. The number of methoxy groups -OCH3 is 1. The summed E-state index contributed by atoms with van der Waals surface area (Å²) in [5, 5.41) is 17.5. The number of nitriles is 1. The molecule has 0 bridgehead atoms. The molecule has 0 saturated carbocycles. The van der Waals surface area contributed by atoms with Gasteiger partial charge >= 0.3 is 0 Å². The molecule has 0 aliphatic carbocycles. The standard InChI is InChI=1S/C22H23N5O4S/c1-4-24-21(29)15(13-23)11-20-27(5-2)22(30)18(32-20)9-10-25-16-7-6-8-17(12-16)26-19(28)14-31-3/h6-8,10,12,25H,4-5,14H2,1-3H3,(H,24,29)(H,26,28). The molecule has 0 spiro atoms. The fourth-order valence-electron chi connectivity index (χ4n) is 2.57. The molecule has 0 aliphatic heterocycles. The van der Waals surface area contributed by atoms with Gasteiger partial charge in [0.25, 0.3) is 11.5 Å². The molecule has 2 rings (SSSR count). The summed E-state index contributed by atoms with van der Waals surface area (Å²) in [7, 11) is 1.44. The maximum atomic E-state index is 12.6. The number of hydrogen-bond acceptors (Lipinski definition) is 7. The molecule has 2 aromatic rings. The molecule has 0 aliphatic rings. The van der Waals surface area contributed by atoms with Gasteiger partial charge in [-0.3, -0.25) is 19.0 Å². The van der Waals surface area contributed by atoms with Crippen molar-refractivity contribution in [2.75, 3.05) is 30.9 Å². The van der Waals surface area contributed by atoms with Crippen LogP contribution < -0.4 is 30.7 Å². The largest absolute Gasteiger partial charge is 0.375 e. The van der Waals surface area contributed by atoms with Crippen LogP contribution in [0.3, 0.4) is 0 Å². The Labute approximate surface area is 188 Å². The van der Waals surface area contributed by atoms with Crippen molar-refractivity contribution in [2.45, 2.75) is 20.4 Å². The minimum Gasteiger partial charge on any atom is -0.375 e. The van der Waals surface area contributed by atoms with Gasteiger partial charge in [-0.15, -0.1) is 0 Å². The molecule has 166 valence electrons. The molecule has 0 atom stereocenters. The van der Waals surface area contributed by atoms with Crippen LogP contribution in [-0.4, -0.2) is 36.6 Å². The number of nitrogens with zero attached hydrogens (tertiary/aromatic N) is 2. The van der Waals surface area contributed by atoms with Gasteiger partial charge in [0, 0.05) is 37.8 Å². The second-order valence-corrected chi connectivity index (χ2v) is 7.25. The van der Waals surface area contributed by atoms with Crippen LogP contribution in [-0.2, 0) is 20.9 Å². The van der Waals surface area contributed by atoms with Crippen LogP contribution in [0.2, 0.25) is 0 Å². The summed E-state index contributed by atoms with van der Waals surface area (Å²) >= 11 is 1.08. The van der Waals surface area contributed by atoms with Crippen LogP contribution in [0.15, 0.2) is 40.8 Å². The number of carbonyl (C=O) groups is 2. The highest BCUT2D eigenvalue weighted by molar-refractivity contribution is 7.07. The Bertz CT molecular complexity index is 1290. The van der Waals surface area contributed by atoms with Crippen molar-refractivity contribution >= 4 is 46.0 Å². The number of anilines is 2. The summed E-state index contributed by atoms with van der Waals surface area (Å²) in [5.74, 6) is -0.814. The number of amides is 2. The van der Waals surface area contributed by atoms with Gasteiger partial charge in [-0.2, -0.15) is 5.26 Å². The molecule has 9 nitrogen and oxygen atoms in total. The summed E-state index contributed by atoms with van der Waals surface area (Å²) in [6.45, 7) is 4.21. The van der Waals surface area contributed by atoms with E-state index in [4.69, 9.17) is 4.74 Å². The van der Waals surface area contributed by atoms with Gasteiger partial charge in [0.2, 0.25) is 5.91 Å². The lowest BCUT2D eigenvalue weighted by Crippen LogP contribution is -2.30. The van der Waals surface area contributed by atoms with Gasteiger partial charge in [0.05, 0.1) is 0 Å². The molecular weight excluding hydrogens is 430 g/mol. The molecule has 10 heteroatoms. The molecular formula is C22H23N5O4S. The summed E-state index contributed by atoms with van der Waals surface area (Å²) in [6, 6.07) is 8.82. The minimum atomic E-state index is -0.543. The van der Waals surface area contributed by atoms with Crippen LogP contribution in [0.4, 0.5) is 11.4 Å². The Morgan fingerprint density at radius 2 is 2.03 bits per heavy atom. The first kappa shape index (κ1) is 24.4. The Morgan fingerprint density at radius 3 is 2.69 bits per heavy atom. The van der Waals surface area contributed by atoms with Crippen molar-refractivity contribution in [2.24, 2.45) is 0 Å². The van der Waals surface area contributed by atoms with Crippen LogP contribution in [0, 0.1) is 11.3 Å². The lowest BCUT2D eigenvalue weighted by molar-refractivity contribution is -0.119. The van der Waals surface area contributed by atoms with Crippen molar-refractivity contribution < 1.29 is 14.3 Å². The van der Waals surface area contributed by atoms with E-state index >= 15 is 0 Å². The maximum Gasteiger partial charge on any atom is 0.277 e. The van der Waals surface area contributed by atoms with E-state index in [0.29, 0.717) is 33.7 Å². The summed E-state index contributed by atoms with van der Waals surface area (Å²) in [5.41, 5.74) is 6.40. The van der Waals surface area contributed by atoms with Gasteiger partial charge in [-0.1, -0.05) is 28.9 Å². The lowest BCUT2D eigenvalue weighted by atomic mass is 10.2. The van der Waals surface area contributed by atoms with Crippen molar-refractivity contribution in [3.8, 4) is 6.07 Å². The molecule has 1 heterocycles. The molecule has 0 saturated heterocycles. The number of hydrogen-bond donors (Lipinski definition) is 3. The molecule has 2 amide bonds. The van der Waals surface area contributed by atoms with Gasteiger partial charge in [0.1, 0.15) is 21.9 Å². The topological polar surface area (TPSA) is 125 Å². The van der Waals surface area contributed by atoms with E-state index in [1.54, 1.807) is 38.1 Å². The van der Waals surface area contributed by atoms with Crippen molar-refractivity contribution in [3.63, 3.8) is 0 Å². The highest BCUT2D eigenvalue weighted by atomic mass is 32.1. The predicted octanol–water partition coefficient (Wildman–Crippen LogP) is 0.485. The first-order valence-corrected chi connectivity index (χ1v) is 10.5. The minimum absolute atomic E-state index is 0.0468. The van der Waals surface area contributed by atoms with E-state index in [1.807, 2.05) is 6.07 Å². The molecule has 0 unspecified atom stereocenters. The number of likely N-dealkylation sites (N-methyl/N-ethyl adjacent to an activating group) is 1. The first-order chi connectivity index (χ1) is 15.4. The van der Waals surface area contributed by atoms with Crippen LogP contribution in [0.5, 0.6) is 0 Å². The van der Waals surface area contributed by atoms with E-state index in [-0.39, 0.29) is 23.6 Å². The number of thiazole rings is 1. The van der Waals surface area contributed by atoms with E-state index in [2.05, 4.69) is 27.4 Å². The van der Waals surface area contributed by atoms with E-state index in [9.17, 15) is 19.6 Å². The number of nitrogens with one attached hydrogen (secondary N) is 3. The normalized spacial score (nSPS) is 9.69. The lowest BCUT2D eigenvalue weighted by Gasteiger charge is -2.06. The van der Waals surface area contributed by atoms with Gasteiger partial charge in [-0.25, -0.2) is 0 Å². The van der Waals surface area contributed by atoms with E-state index in [0.717, 1.165) is 11.3 Å². The summed E-state index contributed by atoms with van der Waals surface area (Å²) in [6.07, 6.45) is 1.48. The third kappa shape index (κ3) is 6.57. The van der Waals surface area contributed by atoms with Crippen molar-refractivity contribution in [3.05, 3.63) is 55.6 Å². The smallest absolute Gasteiger partial charge is 0.277 e. The maximum absolute atomic E-state index is 12.6. The molecule has 3 N–H and O–H groups in total. The predicted molar refractivity (Wildman–Crippen MR) is 123 cm³/mol. The van der Waals surface area contributed by atoms with E-state index < -0.39 is 5.91 Å². The highest BCUT2D eigenvalue weighted by Gasteiger charge is 2.08. The summed E-state index contributed by atoms with van der Waals surface area (Å²) < 4.78 is 6.86. The Morgan fingerprint density at radius 1 is 1.28 bits per heavy atom. The number of ether oxygens (including phenoxy) is 1. The fourth-order valence-corrected chi connectivity index (χ4v) is 3.56. The average Bonchev–Trinajstić information content (AvgIpc) is 3.06. The third-order valence-corrected chi connectivity index (χ3v) is 4.98. The van der Waals surface area contributed by atoms with Gasteiger partial charge in [0.15, 0.2) is 5.57 Å². The quantitative estimate of drug-likeness (QED) is 0.395. The van der Waals surface area contributed by atoms with Gasteiger partial charge < -0.3 is 20.7 Å². The molecule has 32 heavy (non-hydrogen) atoms. The molecule has 0 radical (unpaired) electrons. The van der Waals surface area contributed by atoms with Crippen LogP contribution >= 0.6 is 11.3 Å². The van der Waals surface area contributed by atoms with Crippen molar-refractivity contribution in [1.29, 1.82) is 5.26 Å². The number of rotatable bonds is 8. The molecule has 1 aromatic carbocycles. The highest BCUT2D eigenvalue weighted by Crippen LogP contribution is 2.14. The SMILES string of the molecule is CCNC(=O)C(=C=c1sc(=C=CNc2cccc(NC(=O)COC)c2)c(=O)n1CC)C#N. The zero-order chi connectivity index (χ0) is 23.5. The average molecular weight is 454 g/mol. The van der Waals surface area contributed by atoms with Gasteiger partial charge in [-0.05, 0) is 32.0 Å². The molecule has 1 aromatic heterocycles. The second kappa shape index (κ2) is 12.1. The van der Waals surface area contributed by atoms with E-state index in [1.165, 1.54) is 17.9 Å². The zero-order valence-corrected chi connectivity index (χ0v) is 18.8. The monoisotopic (exact) mass is 453 g/mol. The number of benzene rings is 1. The molecule has 0 fully saturated rings. The Balaban J connectivity index is 2.41. The summed E-state index contributed by atoms with van der Waals surface area (Å²) in [4.78, 5) is 36.2. The van der Waals surface area contributed by atoms with Crippen molar-refractivity contribution in [1.82, 2.24) is 9.88 Å². The second-order valence-electron chi connectivity index (χ2n) is 6.25. The third-order valence-electron chi connectivity index (χ3n) is 3.97.